The summed E-state index contributed by atoms with van der Waals surface area (Å²) in [7, 11) is 0. The molecule has 0 saturated heterocycles. The lowest BCUT2D eigenvalue weighted by molar-refractivity contribution is 0.375. The van der Waals surface area contributed by atoms with Gasteiger partial charge < -0.3 is 9.84 Å². The maximum atomic E-state index is 5.34. The first-order valence-electron chi connectivity index (χ1n) is 8.29. The Bertz CT molecular complexity index is 841. The molecule has 0 atom stereocenters. The SMILES string of the molecule is CC(C)Cc1noc(CNc2ccc3c4c(cccc24)CC3)n1. The van der Waals surface area contributed by atoms with Crippen LogP contribution in [0.2, 0.25) is 0 Å². The van der Waals surface area contributed by atoms with E-state index in [1.807, 2.05) is 0 Å². The van der Waals surface area contributed by atoms with Crippen LogP contribution < -0.4 is 5.32 Å². The first-order valence-corrected chi connectivity index (χ1v) is 8.29. The molecule has 0 bridgehead atoms. The quantitative estimate of drug-likeness (QED) is 0.770. The Balaban J connectivity index is 1.56. The average molecular weight is 307 g/mol. The maximum Gasteiger partial charge on any atom is 0.245 e. The van der Waals surface area contributed by atoms with Crippen molar-refractivity contribution in [2.75, 3.05) is 5.32 Å². The van der Waals surface area contributed by atoms with Gasteiger partial charge in [-0.25, -0.2) is 0 Å². The summed E-state index contributed by atoms with van der Waals surface area (Å²) in [6, 6.07) is 11.0. The van der Waals surface area contributed by atoms with Gasteiger partial charge in [0.1, 0.15) is 0 Å². The molecule has 3 aromatic rings. The summed E-state index contributed by atoms with van der Waals surface area (Å²) in [4.78, 5) is 4.45. The average Bonchev–Trinajstić information content (AvgIpc) is 3.15. The van der Waals surface area contributed by atoms with Crippen molar-refractivity contribution < 1.29 is 4.52 Å². The first kappa shape index (κ1) is 14.2. The van der Waals surface area contributed by atoms with Gasteiger partial charge in [-0.2, -0.15) is 4.98 Å². The molecule has 0 saturated carbocycles. The summed E-state index contributed by atoms with van der Waals surface area (Å²) in [6.07, 6.45) is 3.15. The molecule has 0 unspecified atom stereocenters. The molecular formula is C19H21N3O. The van der Waals surface area contributed by atoms with Crippen molar-refractivity contribution in [2.45, 2.75) is 39.7 Å². The second-order valence-corrected chi connectivity index (χ2v) is 6.67. The van der Waals surface area contributed by atoms with Crippen LogP contribution in [0, 0.1) is 5.92 Å². The molecule has 118 valence electrons. The van der Waals surface area contributed by atoms with Gasteiger partial charge in [0, 0.05) is 17.5 Å². The molecule has 1 N–H and O–H groups in total. The predicted molar refractivity (Wildman–Crippen MR) is 91.5 cm³/mol. The van der Waals surface area contributed by atoms with E-state index >= 15 is 0 Å². The van der Waals surface area contributed by atoms with Crippen molar-refractivity contribution in [1.82, 2.24) is 10.1 Å². The zero-order chi connectivity index (χ0) is 15.8. The van der Waals surface area contributed by atoms with Gasteiger partial charge in [0.2, 0.25) is 5.89 Å². The van der Waals surface area contributed by atoms with Gasteiger partial charge in [-0.3, -0.25) is 0 Å². The van der Waals surface area contributed by atoms with Crippen LogP contribution >= 0.6 is 0 Å². The van der Waals surface area contributed by atoms with E-state index in [1.165, 1.54) is 21.9 Å². The van der Waals surface area contributed by atoms with E-state index in [0.717, 1.165) is 30.8 Å². The topological polar surface area (TPSA) is 51.0 Å². The summed E-state index contributed by atoms with van der Waals surface area (Å²) in [5, 5.41) is 10.2. The summed E-state index contributed by atoms with van der Waals surface area (Å²) >= 11 is 0. The highest BCUT2D eigenvalue weighted by atomic mass is 16.5. The lowest BCUT2D eigenvalue weighted by Gasteiger charge is -2.10. The van der Waals surface area contributed by atoms with E-state index in [2.05, 4.69) is 59.6 Å². The molecule has 0 aliphatic heterocycles. The number of nitrogens with zero attached hydrogens (tertiary/aromatic N) is 2. The second kappa shape index (κ2) is 5.69. The van der Waals surface area contributed by atoms with Crippen molar-refractivity contribution in [2.24, 2.45) is 5.92 Å². The second-order valence-electron chi connectivity index (χ2n) is 6.67. The van der Waals surface area contributed by atoms with Gasteiger partial charge in [-0.05, 0) is 41.3 Å². The molecule has 4 rings (SSSR count). The number of benzene rings is 2. The highest BCUT2D eigenvalue weighted by Crippen LogP contribution is 2.35. The summed E-state index contributed by atoms with van der Waals surface area (Å²) in [6.45, 7) is 4.87. The third-order valence-corrected chi connectivity index (χ3v) is 4.41. The van der Waals surface area contributed by atoms with E-state index < -0.39 is 0 Å². The van der Waals surface area contributed by atoms with Gasteiger partial charge in [0.05, 0.1) is 6.54 Å². The molecule has 4 nitrogen and oxygen atoms in total. The van der Waals surface area contributed by atoms with Crippen LogP contribution in [0.1, 0.15) is 36.7 Å². The zero-order valence-electron chi connectivity index (χ0n) is 13.6. The molecule has 4 heteroatoms. The fourth-order valence-electron chi connectivity index (χ4n) is 3.38. The summed E-state index contributed by atoms with van der Waals surface area (Å²) in [5.41, 5.74) is 4.05. The Labute approximate surface area is 135 Å². The summed E-state index contributed by atoms with van der Waals surface area (Å²) < 4.78 is 5.34. The fraction of sp³-hybridized carbons (Fsp3) is 0.368. The van der Waals surface area contributed by atoms with Crippen LogP contribution in [0.5, 0.6) is 0 Å². The smallest absolute Gasteiger partial charge is 0.245 e. The standard InChI is InChI=1S/C19H21N3O/c1-12(2)10-17-21-18(23-22-17)11-20-16-9-8-14-7-6-13-4-3-5-15(16)19(13)14/h3-5,8-9,12,20H,6-7,10-11H2,1-2H3. The van der Waals surface area contributed by atoms with E-state index in [9.17, 15) is 0 Å². The van der Waals surface area contributed by atoms with E-state index in [-0.39, 0.29) is 0 Å². The highest BCUT2D eigenvalue weighted by molar-refractivity contribution is 5.99. The molecule has 0 amide bonds. The van der Waals surface area contributed by atoms with Gasteiger partial charge in [0.25, 0.3) is 0 Å². The van der Waals surface area contributed by atoms with Gasteiger partial charge in [-0.1, -0.05) is 43.3 Å². The lowest BCUT2D eigenvalue weighted by Crippen LogP contribution is -2.01. The minimum Gasteiger partial charge on any atom is -0.376 e. The Kier molecular flexibility index (Phi) is 3.52. The monoisotopic (exact) mass is 307 g/mol. The lowest BCUT2D eigenvalue weighted by atomic mass is 10.0. The van der Waals surface area contributed by atoms with Crippen LogP contribution in [0.25, 0.3) is 10.8 Å². The minimum absolute atomic E-state index is 0.532. The molecule has 1 aromatic heterocycles. The van der Waals surface area contributed by atoms with E-state index in [0.29, 0.717) is 18.4 Å². The highest BCUT2D eigenvalue weighted by Gasteiger charge is 2.16. The predicted octanol–water partition coefficient (Wildman–Crippen LogP) is 4.13. The number of hydrogen-bond donors (Lipinski definition) is 1. The first-order chi connectivity index (χ1) is 11.2. The van der Waals surface area contributed by atoms with E-state index in [4.69, 9.17) is 4.52 Å². The van der Waals surface area contributed by atoms with Crippen LogP contribution in [-0.2, 0) is 25.8 Å². The van der Waals surface area contributed by atoms with E-state index in [1.54, 1.807) is 0 Å². The molecule has 0 fully saturated rings. The van der Waals surface area contributed by atoms with Crippen LogP contribution in [0.15, 0.2) is 34.9 Å². The van der Waals surface area contributed by atoms with Gasteiger partial charge in [0.15, 0.2) is 5.82 Å². The number of rotatable bonds is 5. The Morgan fingerprint density at radius 2 is 1.96 bits per heavy atom. The van der Waals surface area contributed by atoms with Gasteiger partial charge in [-0.15, -0.1) is 0 Å². The van der Waals surface area contributed by atoms with Crippen molar-refractivity contribution in [3.8, 4) is 0 Å². The number of aryl methyl sites for hydroxylation is 2. The molecule has 1 aliphatic carbocycles. The Hall–Kier alpha value is -2.36. The van der Waals surface area contributed by atoms with Crippen molar-refractivity contribution >= 4 is 16.5 Å². The molecule has 0 spiro atoms. The van der Waals surface area contributed by atoms with Crippen molar-refractivity contribution in [1.29, 1.82) is 0 Å². The van der Waals surface area contributed by atoms with Crippen LogP contribution in [-0.4, -0.2) is 10.1 Å². The molecule has 2 aromatic carbocycles. The third kappa shape index (κ3) is 2.69. The molecule has 1 aliphatic rings. The maximum absolute atomic E-state index is 5.34. The molecule has 1 heterocycles. The van der Waals surface area contributed by atoms with Crippen LogP contribution in [0.3, 0.4) is 0 Å². The fourth-order valence-corrected chi connectivity index (χ4v) is 3.38. The van der Waals surface area contributed by atoms with Crippen molar-refractivity contribution in [3.05, 3.63) is 53.2 Å². The Morgan fingerprint density at radius 3 is 2.78 bits per heavy atom. The number of anilines is 1. The van der Waals surface area contributed by atoms with Gasteiger partial charge >= 0.3 is 0 Å². The van der Waals surface area contributed by atoms with Crippen LogP contribution in [0.4, 0.5) is 5.69 Å². The molecule has 0 radical (unpaired) electrons. The van der Waals surface area contributed by atoms with Crippen molar-refractivity contribution in [3.63, 3.8) is 0 Å². The molecule has 23 heavy (non-hydrogen) atoms. The zero-order valence-corrected chi connectivity index (χ0v) is 13.6. The number of hydrogen-bond acceptors (Lipinski definition) is 4. The normalized spacial score (nSPS) is 13.2. The Morgan fingerprint density at radius 1 is 1.13 bits per heavy atom. The minimum atomic E-state index is 0.532. The summed E-state index contributed by atoms with van der Waals surface area (Å²) in [5.74, 6) is 1.96. The largest absolute Gasteiger partial charge is 0.376 e. The third-order valence-electron chi connectivity index (χ3n) is 4.41. The molecular weight excluding hydrogens is 286 g/mol. The number of nitrogens with one attached hydrogen (secondary N) is 1. The number of aromatic nitrogens is 2.